The molecule has 0 aromatic carbocycles. The molecular formula is C18H17N5O3. The number of carbonyl (C=O) groups excluding carboxylic acids is 3. The minimum atomic E-state index is -0.781. The molecule has 1 unspecified atom stereocenters. The van der Waals surface area contributed by atoms with Crippen LogP contribution in [0.2, 0.25) is 0 Å². The molecule has 0 aliphatic carbocycles. The van der Waals surface area contributed by atoms with E-state index in [-0.39, 0.29) is 30.7 Å². The highest BCUT2D eigenvalue weighted by atomic mass is 16.2. The number of hydrogen-bond donors (Lipinski definition) is 1. The number of imide groups is 1. The van der Waals surface area contributed by atoms with Crippen LogP contribution in [0.4, 0.5) is 0 Å². The molecule has 3 amide bonds. The van der Waals surface area contributed by atoms with Crippen molar-refractivity contribution < 1.29 is 14.4 Å². The quantitative estimate of drug-likeness (QED) is 0.800. The molecule has 2 aromatic heterocycles. The summed E-state index contributed by atoms with van der Waals surface area (Å²) in [6.07, 6.45) is 5.48. The van der Waals surface area contributed by atoms with Crippen molar-refractivity contribution in [1.29, 1.82) is 0 Å². The van der Waals surface area contributed by atoms with Gasteiger partial charge in [-0.05, 0) is 25.5 Å². The molecule has 26 heavy (non-hydrogen) atoms. The third kappa shape index (κ3) is 2.63. The van der Waals surface area contributed by atoms with Crippen LogP contribution in [-0.2, 0) is 9.59 Å². The lowest BCUT2D eigenvalue weighted by Gasteiger charge is -2.21. The Morgan fingerprint density at radius 3 is 2.81 bits per heavy atom. The molecule has 4 rings (SSSR count). The lowest BCUT2D eigenvalue weighted by atomic mass is 9.85. The summed E-state index contributed by atoms with van der Waals surface area (Å²) in [5, 5.41) is 2.34. The number of likely N-dealkylation sites (tertiary alicyclic amines) is 1. The van der Waals surface area contributed by atoms with Crippen molar-refractivity contribution in [1.82, 2.24) is 25.2 Å². The second-order valence-corrected chi connectivity index (χ2v) is 6.75. The minimum absolute atomic E-state index is 0.144. The molecule has 132 valence electrons. The predicted molar refractivity (Wildman–Crippen MR) is 90.7 cm³/mol. The van der Waals surface area contributed by atoms with Crippen LogP contribution in [-0.4, -0.2) is 50.7 Å². The summed E-state index contributed by atoms with van der Waals surface area (Å²) in [4.78, 5) is 50.8. The Morgan fingerprint density at radius 2 is 2.15 bits per heavy atom. The maximum absolute atomic E-state index is 12.9. The molecule has 0 saturated carbocycles. The lowest BCUT2D eigenvalue weighted by molar-refractivity contribution is -0.128. The molecule has 1 N–H and O–H groups in total. The predicted octanol–water partition coefficient (Wildman–Crippen LogP) is 0.726. The van der Waals surface area contributed by atoms with Crippen molar-refractivity contribution in [3.63, 3.8) is 0 Å². The third-order valence-corrected chi connectivity index (χ3v) is 5.00. The first kappa shape index (κ1) is 16.3. The van der Waals surface area contributed by atoms with E-state index in [9.17, 15) is 14.4 Å². The molecule has 8 nitrogen and oxygen atoms in total. The number of aryl methyl sites for hydroxylation is 1. The van der Waals surface area contributed by atoms with Gasteiger partial charge in [-0.1, -0.05) is 0 Å². The van der Waals surface area contributed by atoms with E-state index in [0.717, 1.165) is 5.56 Å². The van der Waals surface area contributed by atoms with E-state index < -0.39 is 5.41 Å². The number of aromatic nitrogens is 3. The van der Waals surface area contributed by atoms with Gasteiger partial charge in [-0.25, -0.2) is 9.97 Å². The normalized spacial score (nSPS) is 22.1. The topological polar surface area (TPSA) is 105 Å². The lowest BCUT2D eigenvalue weighted by Crippen LogP contribution is -2.37. The summed E-state index contributed by atoms with van der Waals surface area (Å²) < 4.78 is 0. The maximum atomic E-state index is 12.9. The Labute approximate surface area is 149 Å². The summed E-state index contributed by atoms with van der Waals surface area (Å²) in [6, 6.07) is 3.65. The minimum Gasteiger partial charge on any atom is -0.337 e. The Balaban J connectivity index is 1.56. The maximum Gasteiger partial charge on any atom is 0.257 e. The molecule has 1 atom stereocenters. The Bertz CT molecular complexity index is 914. The molecule has 2 aliphatic rings. The molecule has 2 aromatic rings. The molecule has 2 fully saturated rings. The zero-order valence-corrected chi connectivity index (χ0v) is 14.2. The molecule has 0 radical (unpaired) electrons. The summed E-state index contributed by atoms with van der Waals surface area (Å²) >= 11 is 0. The average Bonchev–Trinajstić information content (AvgIpc) is 3.18. The van der Waals surface area contributed by atoms with Crippen molar-refractivity contribution in [3.05, 3.63) is 42.0 Å². The van der Waals surface area contributed by atoms with Gasteiger partial charge in [-0.15, -0.1) is 0 Å². The van der Waals surface area contributed by atoms with Crippen LogP contribution in [0.25, 0.3) is 11.4 Å². The summed E-state index contributed by atoms with van der Waals surface area (Å²) in [6.45, 7) is 2.43. The summed E-state index contributed by atoms with van der Waals surface area (Å²) in [5.41, 5.74) is 0.962. The second-order valence-electron chi connectivity index (χ2n) is 6.75. The monoisotopic (exact) mass is 351 g/mol. The zero-order valence-electron chi connectivity index (χ0n) is 14.2. The van der Waals surface area contributed by atoms with E-state index >= 15 is 0 Å². The van der Waals surface area contributed by atoms with E-state index in [1.165, 1.54) is 6.20 Å². The van der Waals surface area contributed by atoms with Gasteiger partial charge in [0, 0.05) is 43.7 Å². The van der Waals surface area contributed by atoms with Crippen molar-refractivity contribution in [2.24, 2.45) is 5.41 Å². The summed E-state index contributed by atoms with van der Waals surface area (Å²) in [5.74, 6) is -0.266. The summed E-state index contributed by atoms with van der Waals surface area (Å²) in [7, 11) is 0. The molecule has 1 spiro atoms. The van der Waals surface area contributed by atoms with Crippen molar-refractivity contribution in [2.75, 3.05) is 13.1 Å². The van der Waals surface area contributed by atoms with Crippen molar-refractivity contribution in [2.45, 2.75) is 19.8 Å². The third-order valence-electron chi connectivity index (χ3n) is 5.00. The van der Waals surface area contributed by atoms with Gasteiger partial charge in [-0.3, -0.25) is 24.7 Å². The van der Waals surface area contributed by atoms with Crippen LogP contribution in [0.3, 0.4) is 0 Å². The Morgan fingerprint density at radius 1 is 1.31 bits per heavy atom. The van der Waals surface area contributed by atoms with Gasteiger partial charge in [0.05, 0.1) is 16.7 Å². The molecule has 4 heterocycles. The molecule has 2 saturated heterocycles. The standard InChI is InChI=1S/C18H17N5O3/c1-11-13(9-20-15(21-11)12-3-2-5-19-8-12)16(25)23-6-4-18(10-23)7-14(24)22-17(18)26/h2-3,5,8-9H,4,6-7,10H2,1H3,(H,22,24,26). The van der Waals surface area contributed by atoms with E-state index in [1.54, 1.807) is 30.3 Å². The van der Waals surface area contributed by atoms with E-state index in [1.807, 2.05) is 6.07 Å². The van der Waals surface area contributed by atoms with Gasteiger partial charge in [0.2, 0.25) is 11.8 Å². The van der Waals surface area contributed by atoms with Crippen LogP contribution in [0.5, 0.6) is 0 Å². The highest BCUT2D eigenvalue weighted by molar-refractivity contribution is 6.07. The fourth-order valence-corrected chi connectivity index (χ4v) is 3.55. The number of pyridine rings is 1. The van der Waals surface area contributed by atoms with E-state index in [2.05, 4.69) is 20.3 Å². The van der Waals surface area contributed by atoms with Gasteiger partial charge in [0.1, 0.15) is 0 Å². The first-order valence-electron chi connectivity index (χ1n) is 8.36. The number of rotatable bonds is 2. The smallest absolute Gasteiger partial charge is 0.257 e. The Hall–Kier alpha value is -3.16. The molecule has 0 bridgehead atoms. The zero-order chi connectivity index (χ0) is 18.3. The fraction of sp³-hybridized carbons (Fsp3) is 0.333. The first-order chi connectivity index (χ1) is 12.5. The van der Waals surface area contributed by atoms with Gasteiger partial charge in [0.25, 0.3) is 5.91 Å². The largest absolute Gasteiger partial charge is 0.337 e. The SMILES string of the molecule is Cc1nc(-c2cccnc2)ncc1C(=O)N1CCC2(CC(=O)NC2=O)C1. The number of nitrogens with zero attached hydrogens (tertiary/aromatic N) is 4. The first-order valence-corrected chi connectivity index (χ1v) is 8.36. The van der Waals surface area contributed by atoms with Crippen LogP contribution in [0.1, 0.15) is 28.9 Å². The number of nitrogens with one attached hydrogen (secondary N) is 1. The van der Waals surface area contributed by atoms with Gasteiger partial charge >= 0.3 is 0 Å². The second kappa shape index (κ2) is 5.98. The van der Waals surface area contributed by atoms with Crippen LogP contribution < -0.4 is 5.32 Å². The van der Waals surface area contributed by atoms with E-state index in [4.69, 9.17) is 0 Å². The Kier molecular flexibility index (Phi) is 3.75. The molecule has 8 heteroatoms. The molecule has 2 aliphatic heterocycles. The van der Waals surface area contributed by atoms with Crippen LogP contribution >= 0.6 is 0 Å². The highest BCUT2D eigenvalue weighted by Crippen LogP contribution is 2.38. The number of carbonyl (C=O) groups is 3. The van der Waals surface area contributed by atoms with Crippen LogP contribution in [0, 0.1) is 12.3 Å². The average molecular weight is 351 g/mol. The van der Waals surface area contributed by atoms with Crippen molar-refractivity contribution >= 4 is 17.7 Å². The van der Waals surface area contributed by atoms with Gasteiger partial charge in [-0.2, -0.15) is 0 Å². The fourth-order valence-electron chi connectivity index (χ4n) is 3.55. The van der Waals surface area contributed by atoms with Gasteiger partial charge in [0.15, 0.2) is 5.82 Å². The van der Waals surface area contributed by atoms with Gasteiger partial charge < -0.3 is 4.90 Å². The van der Waals surface area contributed by atoms with Crippen LogP contribution in [0.15, 0.2) is 30.7 Å². The highest BCUT2D eigenvalue weighted by Gasteiger charge is 2.51. The number of hydrogen-bond acceptors (Lipinski definition) is 6. The van der Waals surface area contributed by atoms with E-state index in [0.29, 0.717) is 30.0 Å². The van der Waals surface area contributed by atoms with Crippen molar-refractivity contribution in [3.8, 4) is 11.4 Å². The molecular weight excluding hydrogens is 334 g/mol. The number of amides is 3.